The molecule has 0 aliphatic carbocycles. The normalized spacial score (nSPS) is 10.5. The Bertz CT molecular complexity index is 538. The molecule has 0 atom stereocenters. The fourth-order valence-corrected chi connectivity index (χ4v) is 1.65. The Kier molecular flexibility index (Phi) is 3.88. The smallest absolute Gasteiger partial charge is 0.258 e. The first-order valence-corrected chi connectivity index (χ1v) is 5.96. The van der Waals surface area contributed by atoms with Crippen LogP contribution in [0.25, 0.3) is 5.69 Å². The summed E-state index contributed by atoms with van der Waals surface area (Å²) in [4.78, 5) is 10.1. The summed E-state index contributed by atoms with van der Waals surface area (Å²) in [5.41, 5.74) is 1.65. The van der Waals surface area contributed by atoms with Gasteiger partial charge in [-0.25, -0.2) is 4.68 Å². The molecule has 6 nitrogen and oxygen atoms in total. The first-order valence-electron chi connectivity index (χ1n) is 5.43. The molecule has 0 unspecified atom stereocenters. The van der Waals surface area contributed by atoms with Gasteiger partial charge in [-0.1, -0.05) is 5.21 Å². The second kappa shape index (κ2) is 5.59. The lowest BCUT2D eigenvalue weighted by atomic mass is 10.2. The number of nitrogens with zero attached hydrogens (tertiary/aromatic N) is 4. The van der Waals surface area contributed by atoms with Crippen LogP contribution in [-0.2, 0) is 6.42 Å². The maximum atomic E-state index is 10.5. The molecule has 2 aromatic rings. The Morgan fingerprint density at radius 1 is 1.33 bits per heavy atom. The van der Waals surface area contributed by atoms with E-state index in [1.54, 1.807) is 23.0 Å². The molecule has 0 spiro atoms. The number of halogens is 1. The van der Waals surface area contributed by atoms with E-state index in [0.29, 0.717) is 5.88 Å². The van der Waals surface area contributed by atoms with Crippen molar-refractivity contribution in [1.29, 1.82) is 0 Å². The lowest BCUT2D eigenvalue weighted by Crippen LogP contribution is -1.95. The van der Waals surface area contributed by atoms with E-state index in [9.17, 15) is 10.1 Å². The van der Waals surface area contributed by atoms with Gasteiger partial charge in [-0.05, 0) is 25.0 Å². The Labute approximate surface area is 108 Å². The van der Waals surface area contributed by atoms with Crippen molar-refractivity contribution < 1.29 is 4.92 Å². The number of hydrogen-bond acceptors (Lipinski definition) is 4. The van der Waals surface area contributed by atoms with E-state index in [1.807, 2.05) is 0 Å². The third-order valence-electron chi connectivity index (χ3n) is 2.43. The molecule has 1 aromatic carbocycles. The highest BCUT2D eigenvalue weighted by molar-refractivity contribution is 6.17. The number of aromatic nitrogens is 3. The van der Waals surface area contributed by atoms with Crippen LogP contribution in [0.4, 0.5) is 5.69 Å². The number of hydrogen-bond donors (Lipinski definition) is 0. The van der Waals surface area contributed by atoms with E-state index in [4.69, 9.17) is 11.6 Å². The van der Waals surface area contributed by atoms with Gasteiger partial charge in [-0.15, -0.1) is 16.7 Å². The molecule has 18 heavy (non-hydrogen) atoms. The van der Waals surface area contributed by atoms with Crippen molar-refractivity contribution in [3.63, 3.8) is 0 Å². The van der Waals surface area contributed by atoms with Gasteiger partial charge in [-0.2, -0.15) is 0 Å². The molecule has 0 radical (unpaired) electrons. The van der Waals surface area contributed by atoms with Crippen LogP contribution < -0.4 is 0 Å². The molecule has 1 heterocycles. The number of non-ortho nitro benzene ring substituents is 1. The minimum atomic E-state index is -0.434. The van der Waals surface area contributed by atoms with Crippen LogP contribution >= 0.6 is 11.6 Å². The van der Waals surface area contributed by atoms with Crippen molar-refractivity contribution in [3.8, 4) is 5.69 Å². The lowest BCUT2D eigenvalue weighted by molar-refractivity contribution is -0.384. The maximum Gasteiger partial charge on any atom is 0.269 e. The number of rotatable bonds is 5. The van der Waals surface area contributed by atoms with Gasteiger partial charge in [0.15, 0.2) is 0 Å². The van der Waals surface area contributed by atoms with Crippen molar-refractivity contribution >= 4 is 17.3 Å². The standard InChI is InChI=1S/C11H11ClN4O2/c12-7-1-2-9-8-15(14-13-9)10-3-5-11(6-4-10)16(17)18/h3-6,8H,1-2,7H2. The van der Waals surface area contributed by atoms with Crippen LogP contribution in [0.5, 0.6) is 0 Å². The second-order valence-electron chi connectivity index (χ2n) is 3.72. The van der Waals surface area contributed by atoms with Crippen LogP contribution in [0, 0.1) is 10.1 Å². The van der Waals surface area contributed by atoms with Crippen molar-refractivity contribution in [3.05, 3.63) is 46.3 Å². The summed E-state index contributed by atoms with van der Waals surface area (Å²) in [6.07, 6.45) is 3.42. The molecule has 0 N–H and O–H groups in total. The molecular weight excluding hydrogens is 256 g/mol. The van der Waals surface area contributed by atoms with Crippen LogP contribution in [0.1, 0.15) is 12.1 Å². The fourth-order valence-electron chi connectivity index (χ4n) is 1.51. The highest BCUT2D eigenvalue weighted by Crippen LogP contribution is 2.14. The molecule has 0 bridgehead atoms. The zero-order valence-electron chi connectivity index (χ0n) is 9.49. The largest absolute Gasteiger partial charge is 0.269 e. The zero-order chi connectivity index (χ0) is 13.0. The predicted octanol–water partition coefficient (Wildman–Crippen LogP) is 2.35. The molecular formula is C11H11ClN4O2. The van der Waals surface area contributed by atoms with E-state index in [-0.39, 0.29) is 5.69 Å². The Hall–Kier alpha value is -1.95. The molecule has 0 saturated carbocycles. The van der Waals surface area contributed by atoms with Crippen LogP contribution in [-0.4, -0.2) is 25.8 Å². The molecule has 2 rings (SSSR count). The summed E-state index contributed by atoms with van der Waals surface area (Å²) in [6.45, 7) is 0. The highest BCUT2D eigenvalue weighted by Gasteiger charge is 2.06. The number of aryl methyl sites for hydroxylation is 1. The molecule has 0 aliphatic heterocycles. The first-order chi connectivity index (χ1) is 8.70. The minimum absolute atomic E-state index is 0.0567. The SMILES string of the molecule is O=[N+]([O-])c1ccc(-n2cc(CCCCl)nn2)cc1. The fraction of sp³-hybridized carbons (Fsp3) is 0.273. The monoisotopic (exact) mass is 266 g/mol. The Balaban J connectivity index is 2.15. The summed E-state index contributed by atoms with van der Waals surface area (Å²) in [6, 6.07) is 6.15. The minimum Gasteiger partial charge on any atom is -0.258 e. The molecule has 1 aromatic heterocycles. The second-order valence-corrected chi connectivity index (χ2v) is 4.10. The van der Waals surface area contributed by atoms with E-state index in [0.717, 1.165) is 24.2 Å². The van der Waals surface area contributed by atoms with Gasteiger partial charge in [0.2, 0.25) is 0 Å². The van der Waals surface area contributed by atoms with Crippen LogP contribution in [0.2, 0.25) is 0 Å². The third-order valence-corrected chi connectivity index (χ3v) is 2.70. The zero-order valence-corrected chi connectivity index (χ0v) is 10.2. The van der Waals surface area contributed by atoms with Gasteiger partial charge in [0.1, 0.15) is 0 Å². The quantitative estimate of drug-likeness (QED) is 0.473. The summed E-state index contributed by atoms with van der Waals surface area (Å²) < 4.78 is 1.59. The van der Waals surface area contributed by atoms with Gasteiger partial charge in [0, 0.05) is 18.0 Å². The number of benzene rings is 1. The van der Waals surface area contributed by atoms with Crippen molar-refractivity contribution in [2.24, 2.45) is 0 Å². The maximum absolute atomic E-state index is 10.5. The van der Waals surface area contributed by atoms with Crippen LogP contribution in [0.15, 0.2) is 30.5 Å². The Morgan fingerprint density at radius 3 is 2.67 bits per heavy atom. The van der Waals surface area contributed by atoms with Gasteiger partial charge >= 0.3 is 0 Å². The van der Waals surface area contributed by atoms with Gasteiger partial charge in [0.05, 0.1) is 22.5 Å². The number of nitro benzene ring substituents is 1. The average Bonchev–Trinajstić information content (AvgIpc) is 2.85. The lowest BCUT2D eigenvalue weighted by Gasteiger charge is -1.98. The molecule has 0 amide bonds. The summed E-state index contributed by atoms with van der Waals surface area (Å²) in [5, 5.41) is 18.5. The average molecular weight is 267 g/mol. The third kappa shape index (κ3) is 2.84. The topological polar surface area (TPSA) is 73.8 Å². The van der Waals surface area contributed by atoms with Crippen molar-refractivity contribution in [2.75, 3.05) is 5.88 Å². The first kappa shape index (κ1) is 12.5. The summed E-state index contributed by atoms with van der Waals surface area (Å²) in [7, 11) is 0. The molecule has 0 fully saturated rings. The van der Waals surface area contributed by atoms with E-state index >= 15 is 0 Å². The van der Waals surface area contributed by atoms with E-state index in [1.165, 1.54) is 12.1 Å². The Morgan fingerprint density at radius 2 is 2.06 bits per heavy atom. The van der Waals surface area contributed by atoms with Crippen LogP contribution in [0.3, 0.4) is 0 Å². The van der Waals surface area contributed by atoms with Gasteiger partial charge in [0.25, 0.3) is 5.69 Å². The van der Waals surface area contributed by atoms with E-state index < -0.39 is 4.92 Å². The number of nitro groups is 1. The summed E-state index contributed by atoms with van der Waals surface area (Å²) in [5.74, 6) is 0.588. The van der Waals surface area contributed by atoms with Crippen molar-refractivity contribution in [1.82, 2.24) is 15.0 Å². The highest BCUT2D eigenvalue weighted by atomic mass is 35.5. The number of alkyl halides is 1. The molecule has 7 heteroatoms. The molecule has 0 aliphatic rings. The molecule has 0 saturated heterocycles. The molecule has 94 valence electrons. The van der Waals surface area contributed by atoms with Gasteiger partial charge < -0.3 is 0 Å². The van der Waals surface area contributed by atoms with Crippen molar-refractivity contribution in [2.45, 2.75) is 12.8 Å². The summed E-state index contributed by atoms with van der Waals surface area (Å²) >= 11 is 5.60. The predicted molar refractivity (Wildman–Crippen MR) is 67.1 cm³/mol. The van der Waals surface area contributed by atoms with Gasteiger partial charge in [-0.3, -0.25) is 10.1 Å². The van der Waals surface area contributed by atoms with E-state index in [2.05, 4.69) is 10.3 Å².